The van der Waals surface area contributed by atoms with E-state index < -0.39 is 53.2 Å². The molecule has 9 heteroatoms. The first kappa shape index (κ1) is 18.5. The maximum absolute atomic E-state index is 12.2. The van der Waals surface area contributed by atoms with E-state index in [9.17, 15) is 23.7 Å². The van der Waals surface area contributed by atoms with Crippen molar-refractivity contribution in [3.63, 3.8) is 0 Å². The highest BCUT2D eigenvalue weighted by Crippen LogP contribution is 2.23. The lowest BCUT2D eigenvalue weighted by Gasteiger charge is -2.40. The molecule has 1 heterocycles. The second kappa shape index (κ2) is 8.86. The molecule has 6 atom stereocenters. The van der Waals surface area contributed by atoms with Crippen molar-refractivity contribution in [2.45, 2.75) is 36.4 Å². The highest BCUT2D eigenvalue weighted by atomic mass is 32.2. The summed E-state index contributed by atoms with van der Waals surface area (Å²) in [5, 5.41) is 29.8. The topological polar surface area (TPSA) is 123 Å². The lowest BCUT2D eigenvalue weighted by molar-refractivity contribution is -0.291. The zero-order valence-corrected chi connectivity index (χ0v) is 14.2. The van der Waals surface area contributed by atoms with Gasteiger partial charge in [0.2, 0.25) is 0 Å². The van der Waals surface area contributed by atoms with Gasteiger partial charge >= 0.3 is 0 Å². The molecule has 0 saturated carbocycles. The van der Waals surface area contributed by atoms with Crippen LogP contribution in [0, 0.1) is 0 Å². The Hall–Kier alpha value is -1.33. The minimum Gasteiger partial charge on any atom is -0.387 e. The van der Waals surface area contributed by atoms with Crippen LogP contribution in [0.15, 0.2) is 43.0 Å². The Balaban J connectivity index is 2.03. The fourth-order valence-electron chi connectivity index (χ4n) is 2.32. The highest BCUT2D eigenvalue weighted by Gasteiger charge is 2.45. The van der Waals surface area contributed by atoms with Crippen LogP contribution in [0.5, 0.6) is 0 Å². The van der Waals surface area contributed by atoms with Crippen LogP contribution in [0.1, 0.15) is 6.93 Å². The maximum Gasteiger partial charge on any atom is 0.271 e. The molecule has 1 fully saturated rings. The molecule has 2 rings (SSSR count). The largest absolute Gasteiger partial charge is 0.387 e. The summed E-state index contributed by atoms with van der Waals surface area (Å²) < 4.78 is 47.2. The van der Waals surface area contributed by atoms with E-state index in [0.717, 1.165) is 0 Å². The molecule has 1 aromatic carbocycles. The number of benzene rings is 1. The van der Waals surface area contributed by atoms with Gasteiger partial charge in [0.05, 0.1) is 14.6 Å². The van der Waals surface area contributed by atoms with E-state index in [0.29, 0.717) is 0 Å². The summed E-state index contributed by atoms with van der Waals surface area (Å²) >= 11 is 0. The third-order valence-corrected chi connectivity index (χ3v) is 4.57. The average molecular weight is 375 g/mol. The van der Waals surface area contributed by atoms with Crippen molar-refractivity contribution >= 4 is 10.1 Å². The van der Waals surface area contributed by atoms with Gasteiger partial charge in [0.25, 0.3) is 10.1 Å². The summed E-state index contributed by atoms with van der Waals surface area (Å²) in [4.78, 5) is 0. The van der Waals surface area contributed by atoms with Crippen LogP contribution in [-0.2, 0) is 29.5 Å². The third-order valence-electron chi connectivity index (χ3n) is 3.54. The second-order valence-electron chi connectivity index (χ2n) is 5.44. The van der Waals surface area contributed by atoms with E-state index in [1.54, 1.807) is 18.2 Å². The Bertz CT molecular complexity index is 683. The van der Waals surface area contributed by atoms with E-state index in [1.807, 2.05) is 0 Å². The van der Waals surface area contributed by atoms with Gasteiger partial charge in [-0.2, -0.15) is 8.42 Å². The molecule has 1 aliphatic heterocycles. The number of hydrogen-bond acceptors (Lipinski definition) is 8. The first-order valence-electron chi connectivity index (χ1n) is 8.13. The van der Waals surface area contributed by atoms with Crippen molar-refractivity contribution in [2.75, 3.05) is 13.2 Å². The zero-order chi connectivity index (χ0) is 19.3. The van der Waals surface area contributed by atoms with Crippen molar-refractivity contribution < 1.29 is 38.8 Å². The molecular formula is C16H22O8S. The van der Waals surface area contributed by atoms with Crippen molar-refractivity contribution in [3.8, 4) is 0 Å². The van der Waals surface area contributed by atoms with E-state index in [1.165, 1.54) is 18.2 Å². The standard InChI is InChI=1S/C16H22O8S/c1-2-8-22-15-13(17)12(24-16(19)14(15)18)9-23-25(20,21)10-11-6-4-3-5-7-11/h2-7,12-19H,1,8-10H2/t12-,13-,14-,15+,16?/m1/s1/i10D/t10?,12-,13-,14-,15+,16?. The molecule has 3 N–H and O–H groups in total. The molecule has 140 valence electrons. The van der Waals surface area contributed by atoms with E-state index in [4.69, 9.17) is 15.0 Å². The van der Waals surface area contributed by atoms with Crippen LogP contribution < -0.4 is 0 Å². The van der Waals surface area contributed by atoms with Gasteiger partial charge in [-0.1, -0.05) is 36.4 Å². The van der Waals surface area contributed by atoms with Crippen LogP contribution in [0.4, 0.5) is 0 Å². The Morgan fingerprint density at radius 3 is 2.56 bits per heavy atom. The smallest absolute Gasteiger partial charge is 0.271 e. The summed E-state index contributed by atoms with van der Waals surface area (Å²) in [5.74, 6) is 0. The molecule has 0 aliphatic carbocycles. The summed E-state index contributed by atoms with van der Waals surface area (Å²) in [6, 6.07) is 7.83. The Morgan fingerprint density at radius 1 is 1.24 bits per heavy atom. The molecule has 8 nitrogen and oxygen atoms in total. The molecule has 1 saturated heterocycles. The first-order chi connectivity index (χ1) is 12.3. The normalized spacial score (nSPS) is 32.0. The van der Waals surface area contributed by atoms with Gasteiger partial charge in [-0.25, -0.2) is 0 Å². The zero-order valence-electron chi connectivity index (χ0n) is 14.3. The average Bonchev–Trinajstić information content (AvgIpc) is 2.63. The fraction of sp³-hybridized carbons (Fsp3) is 0.500. The van der Waals surface area contributed by atoms with E-state index in [-0.39, 0.29) is 12.2 Å². The van der Waals surface area contributed by atoms with Gasteiger partial charge in [0, 0.05) is 0 Å². The van der Waals surface area contributed by atoms with Crippen molar-refractivity contribution in [1.82, 2.24) is 0 Å². The molecule has 1 aliphatic rings. The van der Waals surface area contributed by atoms with Crippen LogP contribution >= 0.6 is 0 Å². The lowest BCUT2D eigenvalue weighted by Crippen LogP contribution is -2.59. The lowest BCUT2D eigenvalue weighted by atomic mass is 9.99. The molecule has 0 radical (unpaired) electrons. The summed E-state index contributed by atoms with van der Waals surface area (Å²) in [6.07, 6.45) is -5.77. The SMILES string of the molecule is [2H]C(c1ccccc1)S(=O)(=O)OC[C@H]1OC(O)[C@H](O)[C@@H](OCC=C)[C@@H]1O. The van der Waals surface area contributed by atoms with Gasteiger partial charge in [-0.3, -0.25) is 4.18 Å². The molecule has 0 amide bonds. The number of hydrogen-bond donors (Lipinski definition) is 3. The summed E-state index contributed by atoms with van der Waals surface area (Å²) in [7, 11) is -4.33. The van der Waals surface area contributed by atoms with Gasteiger partial charge in [0.15, 0.2) is 6.29 Å². The van der Waals surface area contributed by atoms with Crippen molar-refractivity contribution in [3.05, 3.63) is 48.6 Å². The van der Waals surface area contributed by atoms with E-state index in [2.05, 4.69) is 6.58 Å². The van der Waals surface area contributed by atoms with Gasteiger partial charge in [0.1, 0.15) is 30.1 Å². The fourth-order valence-corrected chi connectivity index (χ4v) is 3.21. The monoisotopic (exact) mass is 375 g/mol. The molecule has 2 unspecified atom stereocenters. The van der Waals surface area contributed by atoms with Crippen LogP contribution in [0.3, 0.4) is 0 Å². The second-order valence-corrected chi connectivity index (χ2v) is 6.90. The molecule has 0 bridgehead atoms. The minimum absolute atomic E-state index is 0.000182. The number of ether oxygens (including phenoxy) is 2. The molecular weight excluding hydrogens is 352 g/mol. The number of rotatable bonds is 8. The Morgan fingerprint density at radius 2 is 1.92 bits per heavy atom. The predicted molar refractivity (Wildman–Crippen MR) is 87.8 cm³/mol. The highest BCUT2D eigenvalue weighted by molar-refractivity contribution is 7.85. The molecule has 25 heavy (non-hydrogen) atoms. The van der Waals surface area contributed by atoms with Gasteiger partial charge < -0.3 is 24.8 Å². The number of aliphatic hydroxyl groups is 3. The maximum atomic E-state index is 12.2. The van der Waals surface area contributed by atoms with Gasteiger partial charge in [-0.05, 0) is 5.56 Å². The Labute approximate surface area is 147 Å². The quantitative estimate of drug-likeness (QED) is 0.412. The van der Waals surface area contributed by atoms with Gasteiger partial charge in [-0.15, -0.1) is 6.58 Å². The Kier molecular flexibility index (Phi) is 6.54. The molecule has 0 aromatic heterocycles. The van der Waals surface area contributed by atoms with Crippen molar-refractivity contribution in [1.29, 1.82) is 0 Å². The molecule has 1 aromatic rings. The molecule has 0 spiro atoms. The summed E-state index contributed by atoms with van der Waals surface area (Å²) in [5.41, 5.74) is -1.45. The predicted octanol–water partition coefficient (Wildman–Crippen LogP) is -0.457. The third kappa shape index (κ3) is 5.58. The van der Waals surface area contributed by atoms with Crippen LogP contribution in [0.2, 0.25) is 0 Å². The van der Waals surface area contributed by atoms with Crippen molar-refractivity contribution in [2.24, 2.45) is 0 Å². The van der Waals surface area contributed by atoms with Crippen LogP contribution in [0.25, 0.3) is 0 Å². The van der Waals surface area contributed by atoms with E-state index >= 15 is 0 Å². The first-order valence-corrected chi connectivity index (χ1v) is 9.02. The number of aliphatic hydroxyl groups excluding tert-OH is 3. The van der Waals surface area contributed by atoms with Crippen LogP contribution in [-0.4, -0.2) is 67.7 Å². The summed E-state index contributed by atoms with van der Waals surface area (Å²) in [6.45, 7) is 2.79. The minimum atomic E-state index is -4.33.